The Hall–Kier alpha value is -2.15. The van der Waals surface area contributed by atoms with Crippen molar-refractivity contribution >= 4 is 45.6 Å². The van der Waals surface area contributed by atoms with Gasteiger partial charge in [-0.3, -0.25) is 4.79 Å². The molecular weight excluding hydrogens is 377 g/mol. The number of hydrogen-bond acceptors (Lipinski definition) is 2. The zero-order chi connectivity index (χ0) is 14.7. The summed E-state index contributed by atoms with van der Waals surface area (Å²) in [5.41, 5.74) is 5.12. The fraction of sp³-hybridized carbons (Fsp3) is 0. The number of amides is 1. The Balaban J connectivity index is 1.74. The fourth-order valence-corrected chi connectivity index (χ4v) is 2.60. The van der Waals surface area contributed by atoms with Crippen molar-refractivity contribution in [3.05, 3.63) is 69.4 Å². The number of halogens is 1. The van der Waals surface area contributed by atoms with Crippen molar-refractivity contribution in [1.29, 1.82) is 0 Å². The summed E-state index contributed by atoms with van der Waals surface area (Å²) < 4.78 is 1.01. The molecule has 3 aromatic rings. The Kier molecular flexibility index (Phi) is 4.01. The van der Waals surface area contributed by atoms with Gasteiger partial charge < -0.3 is 4.98 Å². The number of nitrogens with one attached hydrogen (secondary N) is 2. The Morgan fingerprint density at radius 1 is 1.19 bits per heavy atom. The normalized spacial score (nSPS) is 11.1. The van der Waals surface area contributed by atoms with Crippen LogP contribution in [0.15, 0.2) is 59.8 Å². The molecule has 0 atom stereocenters. The molecule has 1 amide bonds. The maximum Gasteiger partial charge on any atom is 0.271 e. The number of carbonyl (C=O) groups excluding carboxylic acids is 1. The average Bonchev–Trinajstić information content (AvgIpc) is 2.91. The van der Waals surface area contributed by atoms with Crippen LogP contribution in [0.2, 0.25) is 0 Å². The van der Waals surface area contributed by atoms with Gasteiger partial charge in [-0.25, -0.2) is 5.43 Å². The van der Waals surface area contributed by atoms with Gasteiger partial charge >= 0.3 is 0 Å². The molecule has 0 fully saturated rings. The minimum atomic E-state index is -0.218. The number of H-pyrrole nitrogens is 1. The van der Waals surface area contributed by atoms with Gasteiger partial charge in [-0.05, 0) is 46.9 Å². The van der Waals surface area contributed by atoms with E-state index in [1.54, 1.807) is 12.3 Å². The number of benzene rings is 2. The Morgan fingerprint density at radius 3 is 2.90 bits per heavy atom. The van der Waals surface area contributed by atoms with E-state index >= 15 is 0 Å². The summed E-state index contributed by atoms with van der Waals surface area (Å²) in [6.07, 6.45) is 3.51. The highest BCUT2D eigenvalue weighted by atomic mass is 127. The molecule has 0 aliphatic carbocycles. The first-order valence-corrected chi connectivity index (χ1v) is 7.47. The summed E-state index contributed by atoms with van der Waals surface area (Å²) in [6.45, 7) is 0. The summed E-state index contributed by atoms with van der Waals surface area (Å²) in [4.78, 5) is 15.1. The number of hydrogen-bond donors (Lipinski definition) is 2. The summed E-state index contributed by atoms with van der Waals surface area (Å²) >= 11 is 2.17. The molecule has 2 N–H and O–H groups in total. The topological polar surface area (TPSA) is 57.2 Å². The maximum absolute atomic E-state index is 12.0. The van der Waals surface area contributed by atoms with Crippen LogP contribution >= 0.6 is 22.6 Å². The van der Waals surface area contributed by atoms with E-state index in [1.807, 2.05) is 48.7 Å². The largest absolute Gasteiger partial charge is 0.361 e. The highest BCUT2D eigenvalue weighted by molar-refractivity contribution is 14.1. The zero-order valence-electron chi connectivity index (χ0n) is 11.0. The molecule has 0 radical (unpaired) electrons. The number of aromatic nitrogens is 1. The molecule has 5 heteroatoms. The lowest BCUT2D eigenvalue weighted by Gasteiger charge is -1.99. The number of fused-ring (bicyclic) bond motifs is 1. The molecule has 0 saturated heterocycles. The van der Waals surface area contributed by atoms with Gasteiger partial charge in [0.1, 0.15) is 0 Å². The zero-order valence-corrected chi connectivity index (χ0v) is 13.2. The summed E-state index contributed by atoms with van der Waals surface area (Å²) in [5.74, 6) is -0.218. The van der Waals surface area contributed by atoms with Crippen LogP contribution in [0.25, 0.3) is 10.9 Å². The molecule has 0 bridgehead atoms. The van der Waals surface area contributed by atoms with E-state index in [-0.39, 0.29) is 5.91 Å². The third-order valence-electron chi connectivity index (χ3n) is 3.08. The number of hydrazone groups is 1. The van der Waals surface area contributed by atoms with Crippen molar-refractivity contribution in [3.8, 4) is 0 Å². The highest BCUT2D eigenvalue weighted by Gasteiger charge is 2.04. The third kappa shape index (κ3) is 3.13. The molecule has 2 aromatic carbocycles. The quantitative estimate of drug-likeness (QED) is 0.402. The number of rotatable bonds is 3. The first-order valence-electron chi connectivity index (χ1n) is 6.39. The summed E-state index contributed by atoms with van der Waals surface area (Å²) in [7, 11) is 0. The maximum atomic E-state index is 12.0. The van der Waals surface area contributed by atoms with Crippen LogP contribution in [0.4, 0.5) is 0 Å². The minimum Gasteiger partial charge on any atom is -0.361 e. The number of para-hydroxylation sites is 1. The smallest absolute Gasteiger partial charge is 0.271 e. The molecule has 4 nitrogen and oxygen atoms in total. The second-order valence-electron chi connectivity index (χ2n) is 4.50. The molecular formula is C16H12IN3O. The minimum absolute atomic E-state index is 0.218. The predicted molar refractivity (Wildman–Crippen MR) is 92.5 cm³/mol. The fourth-order valence-electron chi connectivity index (χ4n) is 2.06. The molecule has 0 unspecified atom stereocenters. The van der Waals surface area contributed by atoms with E-state index in [4.69, 9.17) is 0 Å². The number of carbonyl (C=O) groups is 1. The van der Waals surface area contributed by atoms with E-state index in [9.17, 15) is 4.79 Å². The van der Waals surface area contributed by atoms with Gasteiger partial charge in [-0.1, -0.05) is 24.3 Å². The van der Waals surface area contributed by atoms with Gasteiger partial charge in [-0.15, -0.1) is 0 Å². The van der Waals surface area contributed by atoms with Crippen LogP contribution in [-0.2, 0) is 0 Å². The van der Waals surface area contributed by atoms with Crippen molar-refractivity contribution in [1.82, 2.24) is 10.4 Å². The first kappa shape index (κ1) is 13.8. The lowest BCUT2D eigenvalue weighted by atomic mass is 10.2. The van der Waals surface area contributed by atoms with Crippen LogP contribution in [0.3, 0.4) is 0 Å². The van der Waals surface area contributed by atoms with E-state index in [0.29, 0.717) is 5.56 Å². The Morgan fingerprint density at radius 2 is 2.05 bits per heavy atom. The van der Waals surface area contributed by atoms with Crippen LogP contribution in [0.1, 0.15) is 15.9 Å². The molecule has 1 aromatic heterocycles. The Labute approximate surface area is 135 Å². The average molecular weight is 389 g/mol. The van der Waals surface area contributed by atoms with Gasteiger partial charge in [0.15, 0.2) is 0 Å². The lowest BCUT2D eigenvalue weighted by molar-refractivity contribution is 0.0955. The van der Waals surface area contributed by atoms with Gasteiger partial charge in [-0.2, -0.15) is 5.10 Å². The van der Waals surface area contributed by atoms with Crippen molar-refractivity contribution in [2.24, 2.45) is 5.10 Å². The van der Waals surface area contributed by atoms with Gasteiger partial charge in [0.2, 0.25) is 0 Å². The van der Waals surface area contributed by atoms with Gasteiger partial charge in [0.25, 0.3) is 5.91 Å². The second-order valence-corrected chi connectivity index (χ2v) is 5.74. The van der Waals surface area contributed by atoms with Crippen molar-refractivity contribution in [2.75, 3.05) is 0 Å². The molecule has 0 spiro atoms. The highest BCUT2D eigenvalue weighted by Crippen LogP contribution is 2.15. The first-order chi connectivity index (χ1) is 10.2. The van der Waals surface area contributed by atoms with Crippen molar-refractivity contribution in [2.45, 2.75) is 0 Å². The monoisotopic (exact) mass is 389 g/mol. The van der Waals surface area contributed by atoms with Gasteiger partial charge in [0, 0.05) is 31.8 Å². The molecule has 21 heavy (non-hydrogen) atoms. The van der Waals surface area contributed by atoms with Gasteiger partial charge in [0.05, 0.1) is 6.21 Å². The van der Waals surface area contributed by atoms with Crippen LogP contribution in [0.5, 0.6) is 0 Å². The predicted octanol–water partition coefficient (Wildman–Crippen LogP) is 3.54. The number of aromatic amines is 1. The van der Waals surface area contributed by atoms with Crippen molar-refractivity contribution < 1.29 is 4.79 Å². The molecule has 0 aliphatic rings. The van der Waals surface area contributed by atoms with Crippen molar-refractivity contribution in [3.63, 3.8) is 0 Å². The molecule has 3 rings (SSSR count). The van der Waals surface area contributed by atoms with E-state index in [2.05, 4.69) is 38.1 Å². The number of nitrogens with zero attached hydrogens (tertiary/aromatic N) is 1. The van der Waals surface area contributed by atoms with Crippen LogP contribution in [-0.4, -0.2) is 17.1 Å². The third-order valence-corrected chi connectivity index (χ3v) is 3.75. The lowest BCUT2D eigenvalue weighted by Crippen LogP contribution is -2.17. The van der Waals surface area contributed by atoms with E-state index in [1.165, 1.54) is 0 Å². The van der Waals surface area contributed by atoms with Crippen LogP contribution < -0.4 is 5.43 Å². The second kappa shape index (κ2) is 6.09. The van der Waals surface area contributed by atoms with Crippen LogP contribution in [0, 0.1) is 3.57 Å². The van der Waals surface area contributed by atoms with E-state index in [0.717, 1.165) is 20.0 Å². The van der Waals surface area contributed by atoms with E-state index < -0.39 is 0 Å². The molecule has 1 heterocycles. The summed E-state index contributed by atoms with van der Waals surface area (Å²) in [5, 5.41) is 5.10. The molecule has 0 saturated carbocycles. The SMILES string of the molecule is O=C(N/N=C\c1c[nH]c2ccccc12)c1cccc(I)c1. The Bertz CT molecular complexity index is 823. The standard InChI is InChI=1S/C16H12IN3O/c17-13-5-3-4-11(8-13)16(21)20-19-10-12-9-18-15-7-2-1-6-14(12)15/h1-10,18H,(H,20,21)/b19-10-. The molecule has 104 valence electrons. The molecule has 0 aliphatic heterocycles. The summed E-state index contributed by atoms with van der Waals surface area (Å²) in [6, 6.07) is 15.3.